The Hall–Kier alpha value is -3.21. The maximum Gasteiger partial charge on any atom is 0.414 e. The molecule has 112 valence electrons. The number of carboxylic acid groups (broad SMARTS) is 4. The first-order valence-corrected chi connectivity index (χ1v) is 4.24. The molecule has 0 fully saturated rings. The maximum atomic E-state index is 10.2. The lowest BCUT2D eigenvalue weighted by Crippen LogP contribution is -2.09. The lowest BCUT2D eigenvalue weighted by molar-refractivity contribution is -0.159. The third-order valence-electron chi connectivity index (χ3n) is 1.05. The lowest BCUT2D eigenvalue weighted by atomic mass is 10.5. The summed E-state index contributed by atoms with van der Waals surface area (Å²) in [6, 6.07) is 4.93. The monoisotopic (exact) mass is 293 g/mol. The molecule has 11 nitrogen and oxygen atoms in total. The van der Waals surface area contributed by atoms with Crippen LogP contribution in [0, 0.1) is 0 Å². The smallest absolute Gasteiger partial charge is 0.414 e. The number of aromatic amines is 1. The standard InChI is InChI=1S/C5H5NO.2C2H2O4.H2O/c7-5-3-1-2-4-6-5;2*3-1(4)2(5)6;/h1-4H,(H,6,7);2*(H,3,4)(H,5,6);1H2. The molecule has 1 heterocycles. The summed E-state index contributed by atoms with van der Waals surface area (Å²) in [5.41, 5.74) is -0.0532. The van der Waals surface area contributed by atoms with Gasteiger partial charge in [0.25, 0.3) is 0 Å². The number of carbonyl (C=O) groups is 4. The van der Waals surface area contributed by atoms with E-state index < -0.39 is 23.9 Å². The van der Waals surface area contributed by atoms with Crippen molar-refractivity contribution in [2.24, 2.45) is 0 Å². The van der Waals surface area contributed by atoms with Gasteiger partial charge in [0, 0.05) is 12.3 Å². The predicted molar refractivity (Wildman–Crippen MR) is 61.2 cm³/mol. The number of aliphatic carboxylic acids is 4. The van der Waals surface area contributed by atoms with E-state index in [2.05, 4.69) is 4.98 Å². The third-order valence-corrected chi connectivity index (χ3v) is 1.05. The van der Waals surface area contributed by atoms with Crippen molar-refractivity contribution < 1.29 is 45.1 Å². The van der Waals surface area contributed by atoms with Crippen molar-refractivity contribution >= 4 is 23.9 Å². The number of carboxylic acids is 4. The Morgan fingerprint density at radius 3 is 1.25 bits per heavy atom. The summed E-state index contributed by atoms with van der Waals surface area (Å²) in [6.45, 7) is 0. The van der Waals surface area contributed by atoms with Crippen LogP contribution in [0.1, 0.15) is 0 Å². The molecule has 1 aromatic rings. The Morgan fingerprint density at radius 2 is 1.15 bits per heavy atom. The molecule has 0 aliphatic carbocycles. The van der Waals surface area contributed by atoms with Gasteiger partial charge in [-0.2, -0.15) is 0 Å². The minimum Gasteiger partial charge on any atom is -0.473 e. The largest absolute Gasteiger partial charge is 0.473 e. The van der Waals surface area contributed by atoms with Crippen LogP contribution in [0.15, 0.2) is 29.2 Å². The summed E-state index contributed by atoms with van der Waals surface area (Å²) in [7, 11) is 0. The average Bonchev–Trinajstić information content (AvgIpc) is 2.31. The molecule has 1 aromatic heterocycles. The zero-order valence-corrected chi connectivity index (χ0v) is 9.64. The molecule has 0 unspecified atom stereocenters. The van der Waals surface area contributed by atoms with Gasteiger partial charge in [0.05, 0.1) is 0 Å². The number of hydrogen-bond donors (Lipinski definition) is 5. The number of rotatable bonds is 0. The van der Waals surface area contributed by atoms with Gasteiger partial charge in [-0.3, -0.25) is 4.79 Å². The van der Waals surface area contributed by atoms with Crippen LogP contribution in [0.25, 0.3) is 0 Å². The van der Waals surface area contributed by atoms with Gasteiger partial charge in [-0.25, -0.2) is 19.2 Å². The summed E-state index contributed by atoms with van der Waals surface area (Å²) in [4.78, 5) is 49.1. The molecule has 1 rings (SSSR count). The van der Waals surface area contributed by atoms with Gasteiger partial charge in [0.15, 0.2) is 0 Å². The Morgan fingerprint density at radius 1 is 0.800 bits per heavy atom. The van der Waals surface area contributed by atoms with Crippen LogP contribution in [-0.2, 0) is 19.2 Å². The molecule has 0 aliphatic rings. The van der Waals surface area contributed by atoms with Gasteiger partial charge in [0.1, 0.15) is 0 Å². The van der Waals surface area contributed by atoms with Crippen LogP contribution in [0.3, 0.4) is 0 Å². The Kier molecular flexibility index (Phi) is 13.5. The molecule has 0 bridgehead atoms. The van der Waals surface area contributed by atoms with E-state index in [0.29, 0.717) is 0 Å². The van der Waals surface area contributed by atoms with Crippen LogP contribution in [0.2, 0.25) is 0 Å². The first kappa shape index (κ1) is 22.0. The van der Waals surface area contributed by atoms with E-state index in [4.69, 9.17) is 39.6 Å². The quantitative estimate of drug-likeness (QED) is 0.329. The fourth-order valence-electron chi connectivity index (χ4n) is 0.377. The molecule has 7 N–H and O–H groups in total. The van der Waals surface area contributed by atoms with Crippen LogP contribution in [0.4, 0.5) is 0 Å². The van der Waals surface area contributed by atoms with Crippen molar-refractivity contribution in [3.63, 3.8) is 0 Å². The molecule has 0 spiro atoms. The number of hydrogen-bond acceptors (Lipinski definition) is 5. The van der Waals surface area contributed by atoms with Gasteiger partial charge in [0.2, 0.25) is 5.56 Å². The molecule has 0 saturated heterocycles. The Balaban J connectivity index is -0.000000213. The topological polar surface area (TPSA) is 214 Å². The lowest BCUT2D eigenvalue weighted by Gasteiger charge is -1.73. The van der Waals surface area contributed by atoms with Crippen molar-refractivity contribution in [3.05, 3.63) is 34.7 Å². The minimum atomic E-state index is -1.82. The van der Waals surface area contributed by atoms with Crippen LogP contribution in [0.5, 0.6) is 0 Å². The van der Waals surface area contributed by atoms with Crippen LogP contribution < -0.4 is 5.56 Å². The first-order chi connectivity index (χ1) is 8.68. The van der Waals surface area contributed by atoms with Crippen LogP contribution in [-0.4, -0.2) is 54.8 Å². The highest BCUT2D eigenvalue weighted by molar-refractivity contribution is 6.27. The zero-order valence-electron chi connectivity index (χ0n) is 9.64. The van der Waals surface area contributed by atoms with E-state index >= 15 is 0 Å². The van der Waals surface area contributed by atoms with E-state index in [1.165, 1.54) is 6.07 Å². The second kappa shape index (κ2) is 12.3. The predicted octanol–water partition coefficient (Wildman–Crippen LogP) is -2.14. The zero-order chi connectivity index (χ0) is 15.4. The Labute approximate surface area is 110 Å². The van der Waals surface area contributed by atoms with E-state index in [1.807, 2.05) is 0 Å². The number of H-pyrrole nitrogens is 1. The van der Waals surface area contributed by atoms with E-state index in [0.717, 1.165) is 0 Å². The molecule has 0 aliphatic heterocycles. The van der Waals surface area contributed by atoms with Gasteiger partial charge in [-0.15, -0.1) is 0 Å². The molecule has 11 heteroatoms. The van der Waals surface area contributed by atoms with Gasteiger partial charge in [-0.1, -0.05) is 6.07 Å². The first-order valence-electron chi connectivity index (χ1n) is 4.24. The molecule has 0 radical (unpaired) electrons. The maximum absolute atomic E-state index is 10.2. The average molecular weight is 293 g/mol. The third kappa shape index (κ3) is 17.2. The van der Waals surface area contributed by atoms with Crippen molar-refractivity contribution in [1.29, 1.82) is 0 Å². The van der Waals surface area contributed by atoms with Crippen molar-refractivity contribution in [2.75, 3.05) is 0 Å². The highest BCUT2D eigenvalue weighted by Crippen LogP contribution is 1.67. The fraction of sp³-hybridized carbons (Fsp3) is 0. The van der Waals surface area contributed by atoms with Crippen molar-refractivity contribution in [2.45, 2.75) is 0 Å². The number of nitrogens with one attached hydrogen (secondary N) is 1. The fourth-order valence-corrected chi connectivity index (χ4v) is 0.377. The van der Waals surface area contributed by atoms with E-state index in [9.17, 15) is 4.79 Å². The van der Waals surface area contributed by atoms with Gasteiger partial charge >= 0.3 is 23.9 Å². The van der Waals surface area contributed by atoms with E-state index in [1.54, 1.807) is 18.3 Å². The number of aromatic nitrogens is 1. The SMILES string of the molecule is O.O=C(O)C(=O)O.O=C(O)C(=O)O.O=c1cccc[nH]1. The Bertz CT molecular complexity index is 440. The minimum absolute atomic E-state index is 0. The van der Waals surface area contributed by atoms with Crippen molar-refractivity contribution in [3.8, 4) is 0 Å². The molecule has 0 atom stereocenters. The normalized spacial score (nSPS) is 7.40. The molecule has 0 saturated carbocycles. The molecular formula is C9H11NO10. The second-order valence-corrected chi connectivity index (χ2v) is 2.45. The van der Waals surface area contributed by atoms with Gasteiger partial charge in [-0.05, 0) is 6.07 Å². The summed E-state index contributed by atoms with van der Waals surface area (Å²) in [5.74, 6) is -7.30. The molecule has 0 amide bonds. The highest BCUT2D eigenvalue weighted by Gasteiger charge is 2.04. The second-order valence-electron chi connectivity index (χ2n) is 2.45. The van der Waals surface area contributed by atoms with Gasteiger partial charge < -0.3 is 30.9 Å². The highest BCUT2D eigenvalue weighted by atomic mass is 16.4. The van der Waals surface area contributed by atoms with E-state index in [-0.39, 0.29) is 11.0 Å². The number of pyridine rings is 1. The van der Waals surface area contributed by atoms with Crippen LogP contribution >= 0.6 is 0 Å². The molecular weight excluding hydrogens is 282 g/mol. The summed E-state index contributed by atoms with van der Waals surface area (Å²) < 4.78 is 0. The summed E-state index contributed by atoms with van der Waals surface area (Å²) >= 11 is 0. The van der Waals surface area contributed by atoms with Crippen molar-refractivity contribution in [1.82, 2.24) is 4.98 Å². The summed E-state index contributed by atoms with van der Waals surface area (Å²) in [5, 5.41) is 29.6. The molecule has 0 aromatic carbocycles. The molecule has 20 heavy (non-hydrogen) atoms. The summed E-state index contributed by atoms with van der Waals surface area (Å²) in [6.07, 6.45) is 1.60.